The Bertz CT molecular complexity index is 668. The number of thiazole rings is 1. The van der Waals surface area contributed by atoms with Crippen LogP contribution in [0.5, 0.6) is 11.5 Å². The Morgan fingerprint density at radius 1 is 1.43 bits per heavy atom. The summed E-state index contributed by atoms with van der Waals surface area (Å²) in [4.78, 5) is 16.1. The molecule has 1 heterocycles. The summed E-state index contributed by atoms with van der Waals surface area (Å²) in [5, 5.41) is 5.59. The van der Waals surface area contributed by atoms with Crippen LogP contribution in [0.1, 0.15) is 30.5 Å². The van der Waals surface area contributed by atoms with Gasteiger partial charge in [-0.25, -0.2) is 4.98 Å². The van der Waals surface area contributed by atoms with Crippen molar-refractivity contribution in [3.05, 3.63) is 46.4 Å². The molecule has 0 saturated heterocycles. The summed E-state index contributed by atoms with van der Waals surface area (Å²) >= 11 is 1.48. The molecule has 5 nitrogen and oxygen atoms in total. The van der Waals surface area contributed by atoms with Crippen LogP contribution in [0.25, 0.3) is 6.08 Å². The van der Waals surface area contributed by atoms with E-state index in [2.05, 4.69) is 10.3 Å². The molecule has 2 aromatic rings. The number of hydrogen-bond acceptors (Lipinski definition) is 5. The van der Waals surface area contributed by atoms with E-state index in [1.165, 1.54) is 17.4 Å². The van der Waals surface area contributed by atoms with E-state index in [0.717, 1.165) is 10.6 Å². The summed E-state index contributed by atoms with van der Waals surface area (Å²) < 4.78 is 10.8. The normalized spacial score (nSPS) is 12.1. The minimum absolute atomic E-state index is 0.145. The van der Waals surface area contributed by atoms with Gasteiger partial charge < -0.3 is 14.8 Å². The first-order chi connectivity index (χ1) is 11.1. The van der Waals surface area contributed by atoms with Crippen molar-refractivity contribution >= 4 is 23.3 Å². The van der Waals surface area contributed by atoms with Crippen molar-refractivity contribution in [2.24, 2.45) is 0 Å². The number of nitrogens with zero attached hydrogens (tertiary/aromatic N) is 1. The average molecular weight is 332 g/mol. The highest BCUT2D eigenvalue weighted by Gasteiger charge is 2.11. The SMILES string of the molecule is CCOc1ccc([C@H](C)NC(=O)/C=C\c2nccs2)cc1OC. The van der Waals surface area contributed by atoms with Crippen LogP contribution >= 0.6 is 11.3 Å². The highest BCUT2D eigenvalue weighted by atomic mass is 32.1. The van der Waals surface area contributed by atoms with E-state index >= 15 is 0 Å². The third kappa shape index (κ3) is 4.82. The van der Waals surface area contributed by atoms with Crippen molar-refractivity contribution in [1.82, 2.24) is 10.3 Å². The highest BCUT2D eigenvalue weighted by Crippen LogP contribution is 2.30. The van der Waals surface area contributed by atoms with E-state index in [-0.39, 0.29) is 11.9 Å². The second-order valence-electron chi connectivity index (χ2n) is 4.78. The quantitative estimate of drug-likeness (QED) is 0.789. The highest BCUT2D eigenvalue weighted by molar-refractivity contribution is 7.10. The molecule has 23 heavy (non-hydrogen) atoms. The number of carbonyl (C=O) groups excluding carboxylic acids is 1. The third-order valence-electron chi connectivity index (χ3n) is 3.17. The van der Waals surface area contributed by atoms with Gasteiger partial charge in [0.1, 0.15) is 5.01 Å². The molecule has 0 fully saturated rings. The molecule has 0 unspecified atom stereocenters. The average Bonchev–Trinajstić information content (AvgIpc) is 3.07. The lowest BCUT2D eigenvalue weighted by Crippen LogP contribution is -2.24. The molecular formula is C17H20N2O3S. The summed E-state index contributed by atoms with van der Waals surface area (Å²) in [7, 11) is 1.60. The van der Waals surface area contributed by atoms with E-state index in [1.54, 1.807) is 19.4 Å². The van der Waals surface area contributed by atoms with Crippen molar-refractivity contribution in [3.8, 4) is 11.5 Å². The molecule has 0 saturated carbocycles. The van der Waals surface area contributed by atoms with Gasteiger partial charge in [0.15, 0.2) is 11.5 Å². The number of benzene rings is 1. The third-order valence-corrected chi connectivity index (χ3v) is 3.92. The number of methoxy groups -OCH3 is 1. The van der Waals surface area contributed by atoms with Gasteiger partial charge in [-0.3, -0.25) is 4.79 Å². The Morgan fingerprint density at radius 2 is 2.26 bits per heavy atom. The summed E-state index contributed by atoms with van der Waals surface area (Å²) in [5.74, 6) is 1.19. The fourth-order valence-electron chi connectivity index (χ4n) is 2.04. The lowest BCUT2D eigenvalue weighted by molar-refractivity contribution is -0.117. The molecule has 1 aromatic carbocycles. The van der Waals surface area contributed by atoms with E-state index in [0.29, 0.717) is 18.1 Å². The molecule has 0 aliphatic heterocycles. The first-order valence-corrected chi connectivity index (χ1v) is 8.20. The van der Waals surface area contributed by atoms with Gasteiger partial charge in [-0.15, -0.1) is 11.3 Å². The van der Waals surface area contributed by atoms with Gasteiger partial charge in [0.25, 0.3) is 0 Å². The maximum absolute atomic E-state index is 12.0. The van der Waals surface area contributed by atoms with Crippen LogP contribution in [0, 0.1) is 0 Å². The fourth-order valence-corrected chi connectivity index (χ4v) is 2.57. The smallest absolute Gasteiger partial charge is 0.244 e. The molecule has 0 aliphatic rings. The van der Waals surface area contributed by atoms with Crippen molar-refractivity contribution in [2.75, 3.05) is 13.7 Å². The van der Waals surface area contributed by atoms with Crippen LogP contribution in [0.3, 0.4) is 0 Å². The molecule has 1 aromatic heterocycles. The lowest BCUT2D eigenvalue weighted by Gasteiger charge is -2.16. The fraction of sp³-hybridized carbons (Fsp3) is 0.294. The molecule has 1 N–H and O–H groups in total. The molecule has 122 valence electrons. The van der Waals surface area contributed by atoms with Gasteiger partial charge in [-0.1, -0.05) is 6.07 Å². The topological polar surface area (TPSA) is 60.5 Å². The van der Waals surface area contributed by atoms with E-state index in [9.17, 15) is 4.79 Å². The summed E-state index contributed by atoms with van der Waals surface area (Å²) in [6.45, 7) is 4.42. The molecule has 0 spiro atoms. The zero-order valence-electron chi connectivity index (χ0n) is 13.4. The van der Waals surface area contributed by atoms with Gasteiger partial charge in [-0.2, -0.15) is 0 Å². The van der Waals surface area contributed by atoms with Gasteiger partial charge in [-0.05, 0) is 37.6 Å². The van der Waals surface area contributed by atoms with E-state index in [1.807, 2.05) is 37.4 Å². The molecule has 1 atom stereocenters. The summed E-state index contributed by atoms with van der Waals surface area (Å²) in [6, 6.07) is 5.50. The molecule has 2 rings (SSSR count). The molecular weight excluding hydrogens is 312 g/mol. The Kier molecular flexibility index (Phi) is 6.17. The second-order valence-corrected chi connectivity index (χ2v) is 5.70. The van der Waals surface area contributed by atoms with Crippen LogP contribution in [0.2, 0.25) is 0 Å². The number of carbonyl (C=O) groups is 1. The van der Waals surface area contributed by atoms with Crippen molar-refractivity contribution < 1.29 is 14.3 Å². The van der Waals surface area contributed by atoms with Gasteiger partial charge >= 0.3 is 0 Å². The summed E-state index contributed by atoms with van der Waals surface area (Å²) in [6.07, 6.45) is 4.89. The maximum atomic E-state index is 12.0. The van der Waals surface area contributed by atoms with Crippen molar-refractivity contribution in [1.29, 1.82) is 0 Å². The molecule has 6 heteroatoms. The van der Waals surface area contributed by atoms with E-state index < -0.39 is 0 Å². The first kappa shape index (κ1) is 17.0. The lowest BCUT2D eigenvalue weighted by atomic mass is 10.1. The molecule has 1 amide bonds. The molecule has 0 radical (unpaired) electrons. The van der Waals surface area contributed by atoms with Crippen LogP contribution in [0.15, 0.2) is 35.9 Å². The number of aromatic nitrogens is 1. The largest absolute Gasteiger partial charge is 0.493 e. The zero-order chi connectivity index (χ0) is 16.7. The molecule has 0 aliphatic carbocycles. The van der Waals surface area contributed by atoms with Crippen LogP contribution in [-0.2, 0) is 4.79 Å². The predicted molar refractivity (Wildman–Crippen MR) is 91.9 cm³/mol. The van der Waals surface area contributed by atoms with Gasteiger partial charge in [0, 0.05) is 17.7 Å². The van der Waals surface area contributed by atoms with Crippen molar-refractivity contribution in [2.45, 2.75) is 19.9 Å². The number of rotatable bonds is 7. The number of hydrogen-bond donors (Lipinski definition) is 1. The zero-order valence-corrected chi connectivity index (χ0v) is 14.2. The monoisotopic (exact) mass is 332 g/mol. The van der Waals surface area contributed by atoms with E-state index in [4.69, 9.17) is 9.47 Å². The Labute approximate surface area is 140 Å². The number of amides is 1. The second kappa shape index (κ2) is 8.33. The Hall–Kier alpha value is -2.34. The summed E-state index contributed by atoms with van der Waals surface area (Å²) in [5.41, 5.74) is 0.946. The number of ether oxygens (including phenoxy) is 2. The predicted octanol–water partition coefficient (Wildman–Crippen LogP) is 3.44. The van der Waals surface area contributed by atoms with Crippen molar-refractivity contribution in [3.63, 3.8) is 0 Å². The maximum Gasteiger partial charge on any atom is 0.244 e. The van der Waals surface area contributed by atoms with Crippen LogP contribution in [-0.4, -0.2) is 24.6 Å². The van der Waals surface area contributed by atoms with Gasteiger partial charge in [0.05, 0.1) is 19.8 Å². The minimum atomic E-state index is -0.166. The first-order valence-electron chi connectivity index (χ1n) is 7.32. The van der Waals surface area contributed by atoms with Crippen LogP contribution < -0.4 is 14.8 Å². The van der Waals surface area contributed by atoms with Gasteiger partial charge in [0.2, 0.25) is 5.91 Å². The number of nitrogens with one attached hydrogen (secondary N) is 1. The minimum Gasteiger partial charge on any atom is -0.493 e. The Morgan fingerprint density at radius 3 is 2.91 bits per heavy atom. The molecule has 0 bridgehead atoms. The van der Waals surface area contributed by atoms with Crippen LogP contribution in [0.4, 0.5) is 0 Å². The Balaban J connectivity index is 2.02. The standard InChI is InChI=1S/C17H20N2O3S/c1-4-22-14-6-5-13(11-15(14)21-3)12(2)19-16(20)7-8-17-18-9-10-23-17/h5-12H,4H2,1-3H3,(H,19,20)/b8-7-/t12-/m0/s1.